The number of halogens is 1. The summed E-state index contributed by atoms with van der Waals surface area (Å²) in [6.45, 7) is 3.73. The first kappa shape index (κ1) is 18.9. The van der Waals surface area contributed by atoms with E-state index in [1.807, 2.05) is 25.1 Å². The summed E-state index contributed by atoms with van der Waals surface area (Å²) >= 11 is 0. The number of piperazine rings is 1. The van der Waals surface area contributed by atoms with Crippen molar-refractivity contribution >= 4 is 12.0 Å². The molecule has 1 heterocycles. The van der Waals surface area contributed by atoms with Gasteiger partial charge in [0.1, 0.15) is 11.6 Å². The molecule has 1 unspecified atom stereocenters. The lowest BCUT2D eigenvalue weighted by Gasteiger charge is -2.35. The van der Waals surface area contributed by atoms with Crippen LogP contribution in [0.25, 0.3) is 0 Å². The lowest BCUT2D eigenvalue weighted by Crippen LogP contribution is -2.52. The maximum Gasteiger partial charge on any atom is 0.415 e. The Hall–Kier alpha value is -2.89. The third-order valence-corrected chi connectivity index (χ3v) is 4.67. The van der Waals surface area contributed by atoms with E-state index in [4.69, 9.17) is 4.74 Å². The summed E-state index contributed by atoms with van der Waals surface area (Å²) in [5, 5.41) is 0. The van der Waals surface area contributed by atoms with Gasteiger partial charge in [0.15, 0.2) is 0 Å². The minimum absolute atomic E-state index is 0.0513. The van der Waals surface area contributed by atoms with Crippen molar-refractivity contribution in [2.24, 2.45) is 5.92 Å². The minimum atomic E-state index is -0.396. The van der Waals surface area contributed by atoms with Crippen LogP contribution in [-0.4, -0.2) is 48.0 Å². The summed E-state index contributed by atoms with van der Waals surface area (Å²) in [6.07, 6.45) is 0.169. The lowest BCUT2D eigenvalue weighted by molar-refractivity contribution is -0.136. The van der Waals surface area contributed by atoms with Gasteiger partial charge in [-0.05, 0) is 36.2 Å². The van der Waals surface area contributed by atoms with E-state index in [0.717, 1.165) is 5.56 Å². The number of para-hydroxylation sites is 1. The van der Waals surface area contributed by atoms with Gasteiger partial charge in [-0.25, -0.2) is 9.18 Å². The van der Waals surface area contributed by atoms with Crippen molar-refractivity contribution in [1.82, 2.24) is 9.80 Å². The van der Waals surface area contributed by atoms with Crippen molar-refractivity contribution in [3.8, 4) is 5.75 Å². The second kappa shape index (κ2) is 8.66. The molecule has 1 aliphatic rings. The Bertz CT molecular complexity index is 772. The summed E-state index contributed by atoms with van der Waals surface area (Å²) in [5.74, 6) is 0.0823. The molecular formula is C21H23FN2O3. The molecule has 1 aliphatic heterocycles. The SMILES string of the molecule is CC(Cc1ccc(F)cc1)C(=O)N1CCN(C(=O)Oc2ccccc2)CC1. The van der Waals surface area contributed by atoms with Crippen molar-refractivity contribution in [1.29, 1.82) is 0 Å². The molecule has 1 atom stereocenters. The van der Waals surface area contributed by atoms with Gasteiger partial charge in [-0.3, -0.25) is 4.79 Å². The van der Waals surface area contributed by atoms with E-state index < -0.39 is 6.09 Å². The molecule has 0 aliphatic carbocycles. The summed E-state index contributed by atoms with van der Waals surface area (Å²) in [5.41, 5.74) is 0.933. The first-order chi connectivity index (χ1) is 13.0. The summed E-state index contributed by atoms with van der Waals surface area (Å²) in [4.78, 5) is 28.3. The molecule has 0 bridgehead atoms. The number of hydrogen-bond donors (Lipinski definition) is 0. The van der Waals surface area contributed by atoms with Gasteiger partial charge in [0.05, 0.1) is 0 Å². The number of carbonyl (C=O) groups is 2. The van der Waals surface area contributed by atoms with E-state index >= 15 is 0 Å². The highest BCUT2D eigenvalue weighted by Crippen LogP contribution is 2.15. The largest absolute Gasteiger partial charge is 0.415 e. The van der Waals surface area contributed by atoms with Crippen LogP contribution in [0.15, 0.2) is 54.6 Å². The lowest BCUT2D eigenvalue weighted by atomic mass is 9.99. The zero-order valence-electron chi connectivity index (χ0n) is 15.3. The highest BCUT2D eigenvalue weighted by molar-refractivity contribution is 5.79. The van der Waals surface area contributed by atoms with Crippen LogP contribution < -0.4 is 4.74 Å². The zero-order chi connectivity index (χ0) is 19.2. The van der Waals surface area contributed by atoms with Gasteiger partial charge < -0.3 is 14.5 Å². The smallest absolute Gasteiger partial charge is 0.410 e. The Labute approximate surface area is 158 Å². The van der Waals surface area contributed by atoms with Crippen molar-refractivity contribution < 1.29 is 18.7 Å². The number of carbonyl (C=O) groups excluding carboxylic acids is 2. The zero-order valence-corrected chi connectivity index (χ0v) is 15.3. The quantitative estimate of drug-likeness (QED) is 0.829. The van der Waals surface area contributed by atoms with Gasteiger partial charge >= 0.3 is 6.09 Å². The van der Waals surface area contributed by atoms with Crippen molar-refractivity contribution in [2.75, 3.05) is 26.2 Å². The maximum absolute atomic E-state index is 13.0. The Morgan fingerprint density at radius 2 is 1.56 bits per heavy atom. The number of hydrogen-bond acceptors (Lipinski definition) is 3. The van der Waals surface area contributed by atoms with Gasteiger partial charge in [0.25, 0.3) is 0 Å². The molecule has 3 rings (SSSR count). The molecule has 2 aromatic rings. The molecule has 0 saturated carbocycles. The summed E-state index contributed by atoms with van der Waals surface area (Å²) < 4.78 is 18.3. The van der Waals surface area contributed by atoms with Gasteiger partial charge in [0, 0.05) is 32.1 Å². The number of amides is 2. The molecule has 0 N–H and O–H groups in total. The molecule has 1 saturated heterocycles. The topological polar surface area (TPSA) is 49.9 Å². The molecule has 1 fully saturated rings. The highest BCUT2D eigenvalue weighted by Gasteiger charge is 2.27. The second-order valence-corrected chi connectivity index (χ2v) is 6.72. The predicted molar refractivity (Wildman–Crippen MR) is 99.9 cm³/mol. The van der Waals surface area contributed by atoms with Crippen LogP contribution in [-0.2, 0) is 11.2 Å². The molecule has 0 aromatic heterocycles. The van der Waals surface area contributed by atoms with Crippen LogP contribution in [0.5, 0.6) is 5.75 Å². The number of rotatable bonds is 4. The third-order valence-electron chi connectivity index (χ3n) is 4.67. The molecular weight excluding hydrogens is 347 g/mol. The molecule has 2 aromatic carbocycles. The summed E-state index contributed by atoms with van der Waals surface area (Å²) in [6, 6.07) is 15.2. The van der Waals surface area contributed by atoms with Gasteiger partial charge in [-0.1, -0.05) is 37.3 Å². The van der Waals surface area contributed by atoms with Crippen molar-refractivity contribution in [2.45, 2.75) is 13.3 Å². The van der Waals surface area contributed by atoms with Crippen LogP contribution in [0.2, 0.25) is 0 Å². The maximum atomic E-state index is 13.0. The fraction of sp³-hybridized carbons (Fsp3) is 0.333. The Morgan fingerprint density at radius 1 is 0.963 bits per heavy atom. The molecule has 142 valence electrons. The van der Waals surface area contributed by atoms with Gasteiger partial charge in [-0.15, -0.1) is 0 Å². The molecule has 6 heteroatoms. The molecule has 2 amide bonds. The number of ether oxygens (including phenoxy) is 1. The van der Waals surface area contributed by atoms with E-state index in [-0.39, 0.29) is 17.6 Å². The van der Waals surface area contributed by atoms with Crippen LogP contribution >= 0.6 is 0 Å². The Balaban J connectivity index is 1.48. The van der Waals surface area contributed by atoms with E-state index in [9.17, 15) is 14.0 Å². The van der Waals surface area contributed by atoms with Crippen LogP contribution in [0.4, 0.5) is 9.18 Å². The minimum Gasteiger partial charge on any atom is -0.410 e. The standard InChI is InChI=1S/C21H23FN2O3/c1-16(15-17-7-9-18(22)10-8-17)20(25)23-11-13-24(14-12-23)21(26)27-19-5-3-2-4-6-19/h2-10,16H,11-15H2,1H3. The first-order valence-electron chi connectivity index (χ1n) is 9.08. The van der Waals surface area contributed by atoms with E-state index in [2.05, 4.69) is 0 Å². The molecule has 5 nitrogen and oxygen atoms in total. The van der Waals surface area contributed by atoms with Gasteiger partial charge in [0.2, 0.25) is 5.91 Å². The van der Waals surface area contributed by atoms with Crippen molar-refractivity contribution in [3.63, 3.8) is 0 Å². The normalized spacial score (nSPS) is 15.3. The van der Waals surface area contributed by atoms with Crippen molar-refractivity contribution in [3.05, 3.63) is 66.0 Å². The van der Waals surface area contributed by atoms with Crippen LogP contribution in [0, 0.1) is 11.7 Å². The Morgan fingerprint density at radius 3 is 2.19 bits per heavy atom. The predicted octanol–water partition coefficient (Wildman–Crippen LogP) is 3.35. The second-order valence-electron chi connectivity index (χ2n) is 6.72. The first-order valence-corrected chi connectivity index (χ1v) is 9.08. The average Bonchev–Trinajstić information content (AvgIpc) is 2.70. The number of benzene rings is 2. The van der Waals surface area contributed by atoms with Gasteiger partial charge in [-0.2, -0.15) is 0 Å². The Kier molecular flexibility index (Phi) is 6.06. The average molecular weight is 370 g/mol. The molecule has 0 radical (unpaired) electrons. The fourth-order valence-electron chi connectivity index (χ4n) is 3.14. The van der Waals surface area contributed by atoms with E-state index in [1.54, 1.807) is 34.1 Å². The summed E-state index contributed by atoms with van der Waals surface area (Å²) in [7, 11) is 0. The molecule has 0 spiro atoms. The highest BCUT2D eigenvalue weighted by atomic mass is 19.1. The van der Waals surface area contributed by atoms with Crippen LogP contribution in [0.3, 0.4) is 0 Å². The number of nitrogens with zero attached hydrogens (tertiary/aromatic N) is 2. The van der Waals surface area contributed by atoms with Crippen LogP contribution in [0.1, 0.15) is 12.5 Å². The van der Waals surface area contributed by atoms with E-state index in [1.165, 1.54) is 12.1 Å². The monoisotopic (exact) mass is 370 g/mol. The van der Waals surface area contributed by atoms with E-state index in [0.29, 0.717) is 38.3 Å². The molecule has 27 heavy (non-hydrogen) atoms. The third kappa shape index (κ3) is 5.06. The fourth-order valence-corrected chi connectivity index (χ4v) is 3.14.